The molecular weight excluding hydrogens is 298 g/mol. The molecule has 5 nitrogen and oxygen atoms in total. The Morgan fingerprint density at radius 3 is 2.71 bits per heavy atom. The van der Waals surface area contributed by atoms with Crippen LogP contribution in [-0.4, -0.2) is 23.6 Å². The molecule has 0 spiro atoms. The summed E-state index contributed by atoms with van der Waals surface area (Å²) < 4.78 is 0. The molecule has 0 radical (unpaired) electrons. The van der Waals surface area contributed by atoms with Crippen LogP contribution in [0.15, 0.2) is 48.8 Å². The van der Waals surface area contributed by atoms with Crippen LogP contribution in [0.4, 0.5) is 23.0 Å². The molecule has 0 bridgehead atoms. The van der Waals surface area contributed by atoms with Crippen molar-refractivity contribution < 1.29 is 0 Å². The Morgan fingerprint density at radius 1 is 1.08 bits per heavy atom. The molecule has 3 rings (SSSR count). The molecule has 24 heavy (non-hydrogen) atoms. The highest BCUT2D eigenvalue weighted by Crippen LogP contribution is 2.31. The van der Waals surface area contributed by atoms with Crippen LogP contribution < -0.4 is 16.0 Å². The first kappa shape index (κ1) is 16.1. The van der Waals surface area contributed by atoms with E-state index in [4.69, 9.17) is 5.73 Å². The summed E-state index contributed by atoms with van der Waals surface area (Å²) in [6, 6.07) is 14.4. The van der Waals surface area contributed by atoms with E-state index in [0.29, 0.717) is 11.5 Å². The van der Waals surface area contributed by atoms with Gasteiger partial charge in [-0.1, -0.05) is 49.7 Å². The van der Waals surface area contributed by atoms with Crippen LogP contribution in [0.3, 0.4) is 0 Å². The fraction of sp³-hybridized carbons (Fsp3) is 0.263. The van der Waals surface area contributed by atoms with E-state index >= 15 is 0 Å². The summed E-state index contributed by atoms with van der Waals surface area (Å²) in [6.07, 6.45) is 3.80. The monoisotopic (exact) mass is 321 g/mol. The molecule has 3 N–H and O–H groups in total. The number of nitrogen functional groups attached to an aromatic ring is 1. The Kier molecular flexibility index (Phi) is 4.79. The van der Waals surface area contributed by atoms with Crippen molar-refractivity contribution in [2.75, 3.05) is 29.5 Å². The average Bonchev–Trinajstić information content (AvgIpc) is 2.61. The first-order chi connectivity index (χ1) is 11.7. The molecular formula is C19H23N5. The maximum absolute atomic E-state index is 6.32. The van der Waals surface area contributed by atoms with Crippen LogP contribution >= 0.6 is 0 Å². The van der Waals surface area contributed by atoms with Gasteiger partial charge in [0.2, 0.25) is 0 Å². The van der Waals surface area contributed by atoms with Crippen molar-refractivity contribution in [2.24, 2.45) is 0 Å². The van der Waals surface area contributed by atoms with E-state index in [1.54, 1.807) is 6.33 Å². The number of hydrogen-bond acceptors (Lipinski definition) is 5. The first-order valence-electron chi connectivity index (χ1n) is 8.27. The zero-order valence-corrected chi connectivity index (χ0v) is 14.2. The Hall–Kier alpha value is -2.82. The van der Waals surface area contributed by atoms with E-state index in [0.717, 1.165) is 36.3 Å². The summed E-state index contributed by atoms with van der Waals surface area (Å²) in [7, 11) is 2.01. The van der Waals surface area contributed by atoms with Gasteiger partial charge in [0.05, 0.1) is 0 Å². The predicted molar refractivity (Wildman–Crippen MR) is 102 cm³/mol. The third-order valence-electron chi connectivity index (χ3n) is 4.11. The lowest BCUT2D eigenvalue weighted by molar-refractivity contribution is 0.759. The Labute approximate surface area is 142 Å². The number of anilines is 4. The molecule has 1 aromatic heterocycles. The maximum atomic E-state index is 6.32. The molecule has 0 saturated carbocycles. The SMILES string of the molecule is CCCCN(C)c1ncnc(Nc2cccc3ccccc23)c1N. The van der Waals surface area contributed by atoms with Gasteiger partial charge in [0, 0.05) is 24.7 Å². The topological polar surface area (TPSA) is 67.1 Å². The lowest BCUT2D eigenvalue weighted by Crippen LogP contribution is -2.21. The average molecular weight is 321 g/mol. The number of unbranched alkanes of at least 4 members (excludes halogenated alkanes) is 1. The second kappa shape index (κ2) is 7.17. The van der Waals surface area contributed by atoms with Crippen molar-refractivity contribution in [3.05, 3.63) is 48.8 Å². The quantitative estimate of drug-likeness (QED) is 0.712. The molecule has 0 aliphatic rings. The number of nitrogens with zero attached hydrogens (tertiary/aromatic N) is 3. The molecule has 0 fully saturated rings. The minimum absolute atomic E-state index is 0.573. The number of rotatable bonds is 6. The van der Waals surface area contributed by atoms with E-state index in [9.17, 15) is 0 Å². The maximum Gasteiger partial charge on any atom is 0.159 e. The highest BCUT2D eigenvalue weighted by atomic mass is 15.2. The molecule has 0 aliphatic carbocycles. The molecule has 0 atom stereocenters. The fourth-order valence-electron chi connectivity index (χ4n) is 2.75. The number of hydrogen-bond donors (Lipinski definition) is 2. The van der Waals surface area contributed by atoms with Gasteiger partial charge in [0.25, 0.3) is 0 Å². The van der Waals surface area contributed by atoms with Crippen molar-refractivity contribution >= 4 is 33.8 Å². The highest BCUT2D eigenvalue weighted by molar-refractivity contribution is 5.96. The van der Waals surface area contributed by atoms with Gasteiger partial charge >= 0.3 is 0 Å². The third-order valence-corrected chi connectivity index (χ3v) is 4.11. The molecule has 0 unspecified atom stereocenters. The number of benzene rings is 2. The molecule has 5 heteroatoms. The van der Waals surface area contributed by atoms with Gasteiger partial charge in [-0.05, 0) is 17.9 Å². The predicted octanol–water partition coefficient (Wildman–Crippen LogP) is 4.19. The normalized spacial score (nSPS) is 10.8. The lowest BCUT2D eigenvalue weighted by Gasteiger charge is -2.21. The van der Waals surface area contributed by atoms with Gasteiger partial charge in [-0.2, -0.15) is 0 Å². The molecule has 0 saturated heterocycles. The summed E-state index contributed by atoms with van der Waals surface area (Å²) in [4.78, 5) is 10.8. The largest absolute Gasteiger partial charge is 0.393 e. The van der Waals surface area contributed by atoms with Crippen LogP contribution in [0, 0.1) is 0 Å². The zero-order chi connectivity index (χ0) is 16.9. The molecule has 2 aromatic carbocycles. The molecule has 0 aliphatic heterocycles. The second-order valence-electron chi connectivity index (χ2n) is 5.89. The lowest BCUT2D eigenvalue weighted by atomic mass is 10.1. The minimum Gasteiger partial charge on any atom is -0.393 e. The molecule has 1 heterocycles. The fourth-order valence-corrected chi connectivity index (χ4v) is 2.75. The van der Waals surface area contributed by atoms with Crippen molar-refractivity contribution in [3.63, 3.8) is 0 Å². The van der Waals surface area contributed by atoms with Gasteiger partial charge in [-0.15, -0.1) is 0 Å². The van der Waals surface area contributed by atoms with Crippen molar-refractivity contribution in [2.45, 2.75) is 19.8 Å². The minimum atomic E-state index is 0.573. The molecule has 3 aromatic rings. The number of nitrogens with one attached hydrogen (secondary N) is 1. The number of fused-ring (bicyclic) bond motifs is 1. The summed E-state index contributed by atoms with van der Waals surface area (Å²) in [6.45, 7) is 3.09. The van der Waals surface area contributed by atoms with Crippen molar-refractivity contribution in [3.8, 4) is 0 Å². The van der Waals surface area contributed by atoms with E-state index in [2.05, 4.69) is 45.3 Å². The number of aromatic nitrogens is 2. The zero-order valence-electron chi connectivity index (χ0n) is 14.2. The smallest absolute Gasteiger partial charge is 0.159 e. The van der Waals surface area contributed by atoms with Gasteiger partial charge in [-0.25, -0.2) is 9.97 Å². The summed E-state index contributed by atoms with van der Waals surface area (Å²) >= 11 is 0. The van der Waals surface area contributed by atoms with Gasteiger partial charge in [-0.3, -0.25) is 0 Å². The van der Waals surface area contributed by atoms with Crippen molar-refractivity contribution in [1.82, 2.24) is 9.97 Å². The number of nitrogens with two attached hydrogens (primary N) is 1. The summed E-state index contributed by atoms with van der Waals surface area (Å²) in [5.74, 6) is 1.40. The molecule has 0 amide bonds. The Morgan fingerprint density at radius 2 is 1.88 bits per heavy atom. The highest BCUT2D eigenvalue weighted by Gasteiger charge is 2.12. The van der Waals surface area contributed by atoms with Crippen LogP contribution in [0.5, 0.6) is 0 Å². The van der Waals surface area contributed by atoms with E-state index < -0.39 is 0 Å². The second-order valence-corrected chi connectivity index (χ2v) is 5.89. The Balaban J connectivity index is 1.92. The van der Waals surface area contributed by atoms with E-state index in [1.165, 1.54) is 5.39 Å². The summed E-state index contributed by atoms with van der Waals surface area (Å²) in [5, 5.41) is 5.68. The third kappa shape index (κ3) is 3.25. The first-order valence-corrected chi connectivity index (χ1v) is 8.27. The van der Waals surface area contributed by atoms with E-state index in [1.807, 2.05) is 31.3 Å². The van der Waals surface area contributed by atoms with Gasteiger partial charge in [0.15, 0.2) is 11.6 Å². The standard InChI is InChI=1S/C19H23N5/c1-3-4-12-24(2)19-17(20)18(21-13-22-19)23-16-11-7-9-14-8-5-6-10-15(14)16/h5-11,13H,3-4,12,20H2,1-2H3,(H,21,22,23). The molecule has 124 valence electrons. The van der Waals surface area contributed by atoms with Gasteiger partial charge in [0.1, 0.15) is 12.0 Å². The summed E-state index contributed by atoms with van der Waals surface area (Å²) in [5.41, 5.74) is 7.88. The van der Waals surface area contributed by atoms with Crippen LogP contribution in [-0.2, 0) is 0 Å². The van der Waals surface area contributed by atoms with Crippen LogP contribution in [0.2, 0.25) is 0 Å². The van der Waals surface area contributed by atoms with Crippen LogP contribution in [0.25, 0.3) is 10.8 Å². The van der Waals surface area contributed by atoms with E-state index in [-0.39, 0.29) is 0 Å². The Bertz CT molecular complexity index is 826. The van der Waals surface area contributed by atoms with Gasteiger partial charge < -0.3 is 16.0 Å². The van der Waals surface area contributed by atoms with Crippen LogP contribution in [0.1, 0.15) is 19.8 Å². The van der Waals surface area contributed by atoms with Crippen molar-refractivity contribution in [1.29, 1.82) is 0 Å².